The van der Waals surface area contributed by atoms with Gasteiger partial charge in [0.25, 0.3) is 0 Å². The molecule has 0 aliphatic heterocycles. The number of hydrogen-bond donors (Lipinski definition) is 1. The van der Waals surface area contributed by atoms with Crippen molar-refractivity contribution in [1.29, 1.82) is 0 Å². The molecule has 4 aliphatic carbocycles. The van der Waals surface area contributed by atoms with Crippen molar-refractivity contribution in [2.24, 2.45) is 40.4 Å². The van der Waals surface area contributed by atoms with Crippen LogP contribution in [0.1, 0.15) is 78.6 Å². The van der Waals surface area contributed by atoms with Crippen LogP contribution in [0.15, 0.2) is 0 Å². The van der Waals surface area contributed by atoms with Crippen LogP contribution in [-0.4, -0.2) is 11.2 Å². The highest BCUT2D eigenvalue weighted by molar-refractivity contribution is 5.10. The fraction of sp³-hybridized carbons (Fsp3) is 1.00. The molecule has 0 radical (unpaired) electrons. The Bertz CT molecular complexity index is 414. The molecule has 1 nitrogen and oxygen atoms in total. The molecule has 0 heterocycles. The number of aliphatic hydroxyl groups is 1. The maximum absolute atomic E-state index is 10.9. The standard InChI is InChI=1S/C20H34O/c1-19(2)12-17-16-9-8-13-6-4-5-7-14(13)15(16)10-11-20(17,3)18(19)21/h13-18,21H,4-12H2,1-3H3/t13?,14-,15+,16+,17-,18-,20-/m0/s1. The minimum atomic E-state index is -0.0833. The van der Waals surface area contributed by atoms with Crippen molar-refractivity contribution in [3.05, 3.63) is 0 Å². The Morgan fingerprint density at radius 2 is 1.57 bits per heavy atom. The van der Waals surface area contributed by atoms with Gasteiger partial charge in [0.2, 0.25) is 0 Å². The summed E-state index contributed by atoms with van der Waals surface area (Å²) in [6.45, 7) is 7.03. The maximum atomic E-state index is 10.9. The molecule has 1 unspecified atom stereocenters. The van der Waals surface area contributed by atoms with Crippen LogP contribution in [0.25, 0.3) is 0 Å². The van der Waals surface area contributed by atoms with E-state index in [4.69, 9.17) is 0 Å². The first-order valence-electron chi connectivity index (χ1n) is 9.61. The fourth-order valence-electron chi connectivity index (χ4n) is 7.47. The molecule has 1 heteroatoms. The summed E-state index contributed by atoms with van der Waals surface area (Å²) in [6.07, 6.45) is 12.8. The molecule has 0 saturated heterocycles. The molecule has 0 amide bonds. The van der Waals surface area contributed by atoms with Crippen LogP contribution in [0.5, 0.6) is 0 Å². The highest BCUT2D eigenvalue weighted by Gasteiger charge is 2.61. The zero-order chi connectivity index (χ0) is 14.8. The lowest BCUT2D eigenvalue weighted by molar-refractivity contribution is -0.0886. The second-order valence-electron chi connectivity index (χ2n) is 9.86. The van der Waals surface area contributed by atoms with E-state index in [0.29, 0.717) is 0 Å². The van der Waals surface area contributed by atoms with Crippen LogP contribution >= 0.6 is 0 Å². The largest absolute Gasteiger partial charge is 0.392 e. The van der Waals surface area contributed by atoms with Gasteiger partial charge in [0.05, 0.1) is 6.10 Å². The molecular formula is C20H34O. The number of aliphatic hydroxyl groups excluding tert-OH is 1. The average molecular weight is 290 g/mol. The summed E-state index contributed by atoms with van der Waals surface area (Å²) in [6, 6.07) is 0. The lowest BCUT2D eigenvalue weighted by Crippen LogP contribution is -2.49. The number of fused-ring (bicyclic) bond motifs is 5. The molecule has 0 aromatic rings. The summed E-state index contributed by atoms with van der Waals surface area (Å²) in [5, 5.41) is 10.9. The summed E-state index contributed by atoms with van der Waals surface area (Å²) >= 11 is 0. The SMILES string of the molecule is CC1(C)C[C@H]2[C@@H]3CCC4CCCC[C@@H]4[C@H]3CC[C@]2(C)[C@H]1O. The van der Waals surface area contributed by atoms with Crippen LogP contribution in [0.2, 0.25) is 0 Å². The van der Waals surface area contributed by atoms with Gasteiger partial charge in [-0.2, -0.15) is 0 Å². The van der Waals surface area contributed by atoms with Crippen molar-refractivity contribution in [2.45, 2.75) is 84.7 Å². The predicted octanol–water partition coefficient (Wildman–Crippen LogP) is 5.03. The Kier molecular flexibility index (Phi) is 3.27. The van der Waals surface area contributed by atoms with Crippen LogP contribution < -0.4 is 0 Å². The molecule has 120 valence electrons. The Hall–Kier alpha value is -0.0400. The minimum Gasteiger partial charge on any atom is -0.392 e. The molecule has 4 rings (SSSR count). The van der Waals surface area contributed by atoms with E-state index in [1.807, 2.05) is 0 Å². The third-order valence-corrected chi connectivity index (χ3v) is 8.43. The van der Waals surface area contributed by atoms with E-state index in [9.17, 15) is 5.11 Å². The van der Waals surface area contributed by atoms with Gasteiger partial charge in [-0.15, -0.1) is 0 Å². The third-order valence-electron chi connectivity index (χ3n) is 8.43. The van der Waals surface area contributed by atoms with E-state index in [1.54, 1.807) is 0 Å². The summed E-state index contributed by atoms with van der Waals surface area (Å²) in [7, 11) is 0. The zero-order valence-electron chi connectivity index (χ0n) is 14.3. The van der Waals surface area contributed by atoms with Crippen LogP contribution in [-0.2, 0) is 0 Å². The lowest BCUT2D eigenvalue weighted by atomic mass is 9.50. The molecule has 7 atom stereocenters. The smallest absolute Gasteiger partial charge is 0.0647 e. The van der Waals surface area contributed by atoms with Gasteiger partial charge in [-0.25, -0.2) is 0 Å². The molecule has 0 aromatic carbocycles. The third kappa shape index (κ3) is 1.98. The summed E-state index contributed by atoms with van der Waals surface area (Å²) in [5.41, 5.74) is 0.351. The van der Waals surface area contributed by atoms with E-state index in [-0.39, 0.29) is 16.9 Å². The summed E-state index contributed by atoms with van der Waals surface area (Å²) in [4.78, 5) is 0. The second-order valence-corrected chi connectivity index (χ2v) is 9.86. The quantitative estimate of drug-likeness (QED) is 0.663. The number of hydrogen-bond acceptors (Lipinski definition) is 1. The van der Waals surface area contributed by atoms with Gasteiger partial charge in [0.15, 0.2) is 0 Å². The molecule has 21 heavy (non-hydrogen) atoms. The van der Waals surface area contributed by atoms with Crippen LogP contribution in [0, 0.1) is 40.4 Å². The first kappa shape index (κ1) is 14.5. The van der Waals surface area contributed by atoms with Crippen molar-refractivity contribution in [1.82, 2.24) is 0 Å². The van der Waals surface area contributed by atoms with E-state index in [2.05, 4.69) is 20.8 Å². The van der Waals surface area contributed by atoms with E-state index in [0.717, 1.165) is 29.6 Å². The van der Waals surface area contributed by atoms with Crippen molar-refractivity contribution in [3.8, 4) is 0 Å². The molecule has 4 aliphatic rings. The molecule has 0 bridgehead atoms. The summed E-state index contributed by atoms with van der Waals surface area (Å²) < 4.78 is 0. The molecule has 1 N–H and O–H groups in total. The van der Waals surface area contributed by atoms with Crippen LogP contribution in [0.4, 0.5) is 0 Å². The van der Waals surface area contributed by atoms with Gasteiger partial charge < -0.3 is 5.11 Å². The molecular weight excluding hydrogens is 256 g/mol. The van der Waals surface area contributed by atoms with Gasteiger partial charge in [0, 0.05) is 0 Å². The van der Waals surface area contributed by atoms with E-state index >= 15 is 0 Å². The summed E-state index contributed by atoms with van der Waals surface area (Å²) in [5.74, 6) is 4.83. The first-order chi connectivity index (χ1) is 9.93. The van der Waals surface area contributed by atoms with Gasteiger partial charge in [-0.05, 0) is 78.9 Å². The highest BCUT2D eigenvalue weighted by atomic mass is 16.3. The van der Waals surface area contributed by atoms with Gasteiger partial charge in [-0.1, -0.05) is 40.0 Å². The minimum absolute atomic E-state index is 0.0833. The zero-order valence-corrected chi connectivity index (χ0v) is 14.3. The van der Waals surface area contributed by atoms with Crippen molar-refractivity contribution in [2.75, 3.05) is 0 Å². The van der Waals surface area contributed by atoms with Crippen molar-refractivity contribution >= 4 is 0 Å². The lowest BCUT2D eigenvalue weighted by Gasteiger charge is -2.55. The van der Waals surface area contributed by atoms with Crippen molar-refractivity contribution in [3.63, 3.8) is 0 Å². The Balaban J connectivity index is 1.62. The predicted molar refractivity (Wildman–Crippen MR) is 86.9 cm³/mol. The van der Waals surface area contributed by atoms with Crippen molar-refractivity contribution < 1.29 is 5.11 Å². The molecule has 0 aromatic heterocycles. The Morgan fingerprint density at radius 3 is 2.38 bits per heavy atom. The highest BCUT2D eigenvalue weighted by Crippen LogP contribution is 2.65. The molecule has 0 spiro atoms. The van der Waals surface area contributed by atoms with Gasteiger partial charge in [0.1, 0.15) is 0 Å². The Morgan fingerprint density at radius 1 is 0.810 bits per heavy atom. The van der Waals surface area contributed by atoms with Gasteiger partial charge >= 0.3 is 0 Å². The first-order valence-corrected chi connectivity index (χ1v) is 9.61. The van der Waals surface area contributed by atoms with E-state index < -0.39 is 0 Å². The Labute approximate surface area is 130 Å². The average Bonchev–Trinajstić information content (AvgIpc) is 2.67. The van der Waals surface area contributed by atoms with Crippen LogP contribution in [0.3, 0.4) is 0 Å². The normalized spacial score (nSPS) is 55.4. The fourth-order valence-corrected chi connectivity index (χ4v) is 7.47. The topological polar surface area (TPSA) is 20.2 Å². The van der Waals surface area contributed by atoms with E-state index in [1.165, 1.54) is 57.8 Å². The molecule has 4 saturated carbocycles. The molecule has 4 fully saturated rings. The number of rotatable bonds is 0. The van der Waals surface area contributed by atoms with Gasteiger partial charge in [-0.3, -0.25) is 0 Å². The second kappa shape index (κ2) is 4.73. The maximum Gasteiger partial charge on any atom is 0.0647 e. The monoisotopic (exact) mass is 290 g/mol.